The van der Waals surface area contributed by atoms with Crippen LogP contribution in [-0.2, 0) is 0 Å². The van der Waals surface area contributed by atoms with Crippen LogP contribution in [0.25, 0.3) is 0 Å². The lowest BCUT2D eigenvalue weighted by Crippen LogP contribution is -1.98. The Bertz CT molecular complexity index is 49.4. The van der Waals surface area contributed by atoms with Crippen LogP contribution in [0.4, 0.5) is 0 Å². The average Bonchev–Trinajstić information content (AvgIpc) is 2.40. The molecule has 16 heavy (non-hydrogen) atoms. The van der Waals surface area contributed by atoms with E-state index in [2.05, 4.69) is 25.7 Å². The Balaban J connectivity index is -0.0000000201. The maximum Gasteiger partial charge on any atom is 0.00299 e. The van der Waals surface area contributed by atoms with E-state index in [1.165, 1.54) is 6.42 Å². The monoisotopic (exact) mass is 235 g/mol. The van der Waals surface area contributed by atoms with Gasteiger partial charge in [-0.3, -0.25) is 0 Å². The molecule has 0 bridgehead atoms. The Labute approximate surface area is 108 Å². The first-order valence-electron chi connectivity index (χ1n) is 7.02. The van der Waals surface area contributed by atoms with Gasteiger partial charge in [0.05, 0.1) is 0 Å². The van der Waals surface area contributed by atoms with Crippen LogP contribution in [0.1, 0.15) is 82.6 Å². The van der Waals surface area contributed by atoms with Gasteiger partial charge in [0.1, 0.15) is 0 Å². The van der Waals surface area contributed by atoms with Crippen molar-refractivity contribution < 1.29 is 0 Å². The average molecular weight is 235 g/mol. The van der Waals surface area contributed by atoms with Gasteiger partial charge < -0.3 is 5.32 Å². The van der Waals surface area contributed by atoms with Gasteiger partial charge in [0.2, 0.25) is 0 Å². The zero-order valence-corrected chi connectivity index (χ0v) is 14.4. The van der Waals surface area contributed by atoms with Crippen molar-refractivity contribution in [3.8, 4) is 0 Å². The molecule has 0 radical (unpaired) electrons. The van der Waals surface area contributed by atoms with Gasteiger partial charge in [-0.25, -0.2) is 0 Å². The predicted octanol–water partition coefficient (Wildman–Crippen LogP) is 6.26. The van der Waals surface area contributed by atoms with Crippen molar-refractivity contribution in [1.82, 2.24) is 5.32 Å². The Kier molecular flexibility index (Phi) is 292. The lowest BCUT2D eigenvalue weighted by Gasteiger charge is -1.87. The Morgan fingerprint density at radius 3 is 0.875 bits per heavy atom. The van der Waals surface area contributed by atoms with Gasteiger partial charge in [0, 0.05) is 7.05 Å². The second kappa shape index (κ2) is 129. The fourth-order valence-electron chi connectivity index (χ4n) is 0. The van der Waals surface area contributed by atoms with Crippen LogP contribution in [-0.4, -0.2) is 7.05 Å². The van der Waals surface area contributed by atoms with Crippen LogP contribution in [0.5, 0.6) is 0 Å². The third kappa shape index (κ3) is 898. The van der Waals surface area contributed by atoms with Gasteiger partial charge >= 0.3 is 0 Å². The summed E-state index contributed by atoms with van der Waals surface area (Å²) in [6.07, 6.45) is 1.25. The van der Waals surface area contributed by atoms with Crippen LogP contribution in [0.15, 0.2) is 12.3 Å². The zero-order chi connectivity index (χ0) is 15.0. The molecule has 106 valence electrons. The standard InChI is InChI=1S/C4H9N.C3H8.4C2H6/c1-4(2)5-3;1-3-2;4*1-2/h5H,1H2,2-3H3;3H2,1-2H3;4*1-2H3. The molecule has 0 saturated carbocycles. The van der Waals surface area contributed by atoms with Gasteiger partial charge in [-0.1, -0.05) is 82.2 Å². The molecule has 0 amide bonds. The van der Waals surface area contributed by atoms with Crippen molar-refractivity contribution in [1.29, 1.82) is 0 Å². The van der Waals surface area contributed by atoms with E-state index in [1.54, 1.807) is 0 Å². The summed E-state index contributed by atoms with van der Waals surface area (Å²) in [6, 6.07) is 0. The first-order chi connectivity index (χ1) is 7.68. The first kappa shape index (κ1) is 36.1. The number of nitrogens with one attached hydrogen (secondary N) is 1. The molecule has 1 heteroatoms. The quantitative estimate of drug-likeness (QED) is 0.565. The maximum atomic E-state index is 3.56. The molecule has 1 nitrogen and oxygen atoms in total. The van der Waals surface area contributed by atoms with E-state index in [9.17, 15) is 0 Å². The fraction of sp³-hybridized carbons (Fsp3) is 0.867. The second-order valence-corrected chi connectivity index (χ2v) is 1.74. The van der Waals surface area contributed by atoms with Crippen molar-refractivity contribution in [2.75, 3.05) is 7.05 Å². The molecular weight excluding hydrogens is 194 g/mol. The second-order valence-electron chi connectivity index (χ2n) is 1.74. The molecule has 0 spiro atoms. The molecule has 0 aliphatic carbocycles. The van der Waals surface area contributed by atoms with Gasteiger partial charge in [-0.15, -0.1) is 0 Å². The van der Waals surface area contributed by atoms with E-state index in [1.807, 2.05) is 69.4 Å². The summed E-state index contributed by atoms with van der Waals surface area (Å²) in [6.45, 7) is 25.7. The summed E-state index contributed by atoms with van der Waals surface area (Å²) in [5, 5.41) is 2.83. The molecular formula is C15H41N. The summed E-state index contributed by atoms with van der Waals surface area (Å²) in [4.78, 5) is 0. The molecule has 0 aromatic rings. The summed E-state index contributed by atoms with van der Waals surface area (Å²) in [7, 11) is 1.85. The number of hydrogen-bond donors (Lipinski definition) is 1. The molecule has 0 aromatic carbocycles. The zero-order valence-electron chi connectivity index (χ0n) is 14.4. The molecule has 0 fully saturated rings. The normalized spacial score (nSPS) is 4.75. The number of hydrogen-bond acceptors (Lipinski definition) is 1. The van der Waals surface area contributed by atoms with E-state index in [-0.39, 0.29) is 0 Å². The van der Waals surface area contributed by atoms with E-state index in [4.69, 9.17) is 0 Å². The van der Waals surface area contributed by atoms with E-state index >= 15 is 0 Å². The van der Waals surface area contributed by atoms with Crippen molar-refractivity contribution in [2.24, 2.45) is 0 Å². The molecule has 0 rings (SSSR count). The van der Waals surface area contributed by atoms with Gasteiger partial charge in [-0.05, 0) is 12.6 Å². The molecule has 0 aliphatic rings. The Hall–Kier alpha value is -0.460. The van der Waals surface area contributed by atoms with E-state index in [0.29, 0.717) is 0 Å². The highest BCUT2D eigenvalue weighted by Crippen LogP contribution is 1.68. The molecule has 0 atom stereocenters. The highest BCUT2D eigenvalue weighted by Gasteiger charge is 1.62. The smallest absolute Gasteiger partial charge is 0.00299 e. The van der Waals surface area contributed by atoms with E-state index in [0.717, 1.165) is 5.70 Å². The van der Waals surface area contributed by atoms with Crippen LogP contribution in [0.3, 0.4) is 0 Å². The maximum absolute atomic E-state index is 3.56. The van der Waals surface area contributed by atoms with Crippen molar-refractivity contribution in [2.45, 2.75) is 82.6 Å². The first-order valence-corrected chi connectivity index (χ1v) is 7.02. The highest BCUT2D eigenvalue weighted by atomic mass is 14.8. The van der Waals surface area contributed by atoms with Crippen LogP contribution < -0.4 is 5.32 Å². The highest BCUT2D eigenvalue weighted by molar-refractivity contribution is 4.80. The SMILES string of the molecule is C=C(C)NC.CC.CC.CC.CC.CCC. The van der Waals surface area contributed by atoms with Gasteiger partial charge in [-0.2, -0.15) is 0 Å². The van der Waals surface area contributed by atoms with Gasteiger partial charge in [0.25, 0.3) is 0 Å². The summed E-state index contributed by atoms with van der Waals surface area (Å²) in [5.41, 5.74) is 1.00. The molecule has 0 saturated heterocycles. The molecule has 0 unspecified atom stereocenters. The molecule has 0 aliphatic heterocycles. The minimum atomic E-state index is 1.00. The summed E-state index contributed by atoms with van der Waals surface area (Å²) in [5.74, 6) is 0. The van der Waals surface area contributed by atoms with Crippen molar-refractivity contribution in [3.05, 3.63) is 12.3 Å². The predicted molar refractivity (Wildman–Crippen MR) is 85.2 cm³/mol. The summed E-state index contributed by atoms with van der Waals surface area (Å²) >= 11 is 0. The lowest BCUT2D eigenvalue weighted by molar-refractivity contribution is 0.999. The number of rotatable bonds is 1. The molecule has 0 heterocycles. The van der Waals surface area contributed by atoms with Crippen LogP contribution in [0.2, 0.25) is 0 Å². The summed E-state index contributed by atoms with van der Waals surface area (Å²) < 4.78 is 0. The van der Waals surface area contributed by atoms with Crippen molar-refractivity contribution in [3.63, 3.8) is 0 Å². The third-order valence-electron chi connectivity index (χ3n) is 0.427. The Morgan fingerprint density at radius 1 is 0.812 bits per heavy atom. The minimum absolute atomic E-state index is 1.00. The molecule has 1 N–H and O–H groups in total. The van der Waals surface area contributed by atoms with Crippen LogP contribution in [0, 0.1) is 0 Å². The topological polar surface area (TPSA) is 12.0 Å². The van der Waals surface area contributed by atoms with Crippen molar-refractivity contribution >= 4 is 0 Å². The molecule has 0 aromatic heterocycles. The van der Waals surface area contributed by atoms with Gasteiger partial charge in [0.15, 0.2) is 0 Å². The minimum Gasteiger partial charge on any atom is -0.392 e. The third-order valence-corrected chi connectivity index (χ3v) is 0.427. The lowest BCUT2D eigenvalue weighted by atomic mass is 10.6. The van der Waals surface area contributed by atoms with E-state index < -0.39 is 0 Å². The van der Waals surface area contributed by atoms with Crippen LogP contribution >= 0.6 is 0 Å². The fourth-order valence-corrected chi connectivity index (χ4v) is 0. The number of allylic oxidation sites excluding steroid dienone is 1. The Morgan fingerprint density at radius 2 is 0.875 bits per heavy atom. The largest absolute Gasteiger partial charge is 0.392 e.